The van der Waals surface area contributed by atoms with Gasteiger partial charge in [0, 0.05) is 36.6 Å². The van der Waals surface area contributed by atoms with E-state index in [0.717, 1.165) is 17.8 Å². The van der Waals surface area contributed by atoms with Crippen LogP contribution < -0.4 is 15.4 Å². The van der Waals surface area contributed by atoms with E-state index in [9.17, 15) is 9.18 Å². The number of halogens is 1. The zero-order valence-corrected chi connectivity index (χ0v) is 21.0. The van der Waals surface area contributed by atoms with Crippen LogP contribution in [0.15, 0.2) is 54.7 Å². The van der Waals surface area contributed by atoms with Crippen molar-refractivity contribution in [1.29, 1.82) is 0 Å². The van der Waals surface area contributed by atoms with Crippen LogP contribution in [0.1, 0.15) is 24.2 Å². The van der Waals surface area contributed by atoms with Gasteiger partial charge in [-0.2, -0.15) is 4.98 Å². The molecule has 2 aromatic carbocycles. The number of carbonyl (C=O) groups excluding carboxylic acids is 1. The van der Waals surface area contributed by atoms with Gasteiger partial charge < -0.3 is 20.3 Å². The third-order valence-corrected chi connectivity index (χ3v) is 4.57. The summed E-state index contributed by atoms with van der Waals surface area (Å²) in [6.45, 7) is 5.35. The number of nitrogens with one attached hydrogen (secondary N) is 2. The fraction of sp³-hybridized carbons (Fsp3) is 0.320. The van der Waals surface area contributed by atoms with Gasteiger partial charge in [0.1, 0.15) is 12.4 Å². The molecular weight excluding hydrogens is 451 g/mol. The lowest BCUT2D eigenvalue weighted by atomic mass is 10.2. The quantitative estimate of drug-likeness (QED) is 0.400. The summed E-state index contributed by atoms with van der Waals surface area (Å²) in [7, 11) is 6.86. The average Bonchev–Trinajstić information content (AvgIpc) is 2.86. The number of rotatable bonds is 10. The molecule has 0 radical (unpaired) electrons. The predicted octanol–water partition coefficient (Wildman–Crippen LogP) is 4.70. The summed E-state index contributed by atoms with van der Waals surface area (Å²) in [5.41, 5.74) is 1.57. The molecule has 1 aromatic heterocycles. The van der Waals surface area contributed by atoms with E-state index in [1.807, 2.05) is 57.1 Å². The first-order chi connectivity index (χ1) is 16.9. The van der Waals surface area contributed by atoms with Crippen LogP contribution in [-0.2, 0) is 4.84 Å². The lowest BCUT2D eigenvalue weighted by Crippen LogP contribution is -2.25. The van der Waals surface area contributed by atoms with E-state index in [-0.39, 0.29) is 17.7 Å². The SMILES string of the molecule is CC.CON(C)C(=O)c1cccc(Nc2nc(Nc3cccc(OCCN(C)C)c3)ncc2F)c1. The third-order valence-electron chi connectivity index (χ3n) is 4.57. The minimum atomic E-state index is -0.632. The van der Waals surface area contributed by atoms with Crippen molar-refractivity contribution in [2.45, 2.75) is 13.8 Å². The highest BCUT2D eigenvalue weighted by molar-refractivity contribution is 5.94. The highest BCUT2D eigenvalue weighted by Crippen LogP contribution is 2.23. The van der Waals surface area contributed by atoms with Crippen molar-refractivity contribution in [3.63, 3.8) is 0 Å². The summed E-state index contributed by atoms with van der Waals surface area (Å²) in [4.78, 5) is 27.5. The highest BCUT2D eigenvalue weighted by atomic mass is 19.1. The normalized spacial score (nSPS) is 10.3. The van der Waals surface area contributed by atoms with Crippen molar-refractivity contribution < 1.29 is 18.8 Å². The summed E-state index contributed by atoms with van der Waals surface area (Å²) < 4.78 is 20.1. The van der Waals surface area contributed by atoms with Gasteiger partial charge in [-0.15, -0.1) is 0 Å². The van der Waals surface area contributed by atoms with Gasteiger partial charge in [-0.3, -0.25) is 9.63 Å². The maximum atomic E-state index is 14.4. The van der Waals surface area contributed by atoms with Crippen molar-refractivity contribution in [2.75, 3.05) is 52.0 Å². The molecule has 0 aliphatic heterocycles. The van der Waals surface area contributed by atoms with Gasteiger partial charge >= 0.3 is 0 Å². The first kappa shape index (κ1) is 27.5. The molecule has 2 N–H and O–H groups in total. The molecule has 0 atom stereocenters. The molecule has 9 nitrogen and oxygen atoms in total. The molecule has 0 aliphatic carbocycles. The molecule has 0 saturated heterocycles. The molecule has 3 rings (SSSR count). The Kier molecular flexibility index (Phi) is 10.9. The Bertz CT molecular complexity index is 1100. The molecule has 1 amide bonds. The Morgan fingerprint density at radius 3 is 2.40 bits per heavy atom. The van der Waals surface area contributed by atoms with Gasteiger partial charge in [0.15, 0.2) is 11.6 Å². The standard InChI is InChI=1S/C23H27FN6O3.C2H6/c1-29(2)11-12-33-19-10-6-9-18(14-19)27-23-25-15-20(24)21(28-23)26-17-8-5-7-16(13-17)22(31)30(3)32-4;1-2/h5-10,13-15H,11-12H2,1-4H3,(H2,25,26,27,28);1-2H3. The molecule has 10 heteroatoms. The molecule has 35 heavy (non-hydrogen) atoms. The van der Waals surface area contributed by atoms with Crippen LogP contribution in [0.25, 0.3) is 0 Å². The largest absolute Gasteiger partial charge is 0.492 e. The number of amides is 1. The molecule has 188 valence electrons. The molecule has 1 heterocycles. The number of benzene rings is 2. The van der Waals surface area contributed by atoms with Crippen molar-refractivity contribution in [3.8, 4) is 5.75 Å². The minimum absolute atomic E-state index is 0.0319. The van der Waals surface area contributed by atoms with Crippen LogP contribution in [0.5, 0.6) is 5.75 Å². The van der Waals surface area contributed by atoms with E-state index in [0.29, 0.717) is 29.3 Å². The van der Waals surface area contributed by atoms with Gasteiger partial charge in [-0.1, -0.05) is 26.0 Å². The van der Waals surface area contributed by atoms with Crippen LogP contribution in [-0.4, -0.2) is 67.2 Å². The van der Waals surface area contributed by atoms with Crippen molar-refractivity contribution in [3.05, 3.63) is 66.1 Å². The van der Waals surface area contributed by atoms with E-state index < -0.39 is 5.82 Å². The smallest absolute Gasteiger partial charge is 0.277 e. The molecule has 0 spiro atoms. The monoisotopic (exact) mass is 484 g/mol. The zero-order chi connectivity index (χ0) is 25.8. The van der Waals surface area contributed by atoms with Gasteiger partial charge in [0.25, 0.3) is 5.91 Å². The number of hydrogen-bond donors (Lipinski definition) is 2. The van der Waals surface area contributed by atoms with E-state index in [2.05, 4.69) is 20.6 Å². The Labute approximate surface area is 205 Å². The zero-order valence-electron chi connectivity index (χ0n) is 21.0. The molecule has 0 fully saturated rings. The van der Waals surface area contributed by atoms with E-state index in [1.54, 1.807) is 24.3 Å². The van der Waals surface area contributed by atoms with Gasteiger partial charge in [-0.25, -0.2) is 14.4 Å². The molecule has 0 unspecified atom stereocenters. The van der Waals surface area contributed by atoms with Gasteiger partial charge in [0.2, 0.25) is 5.95 Å². The third kappa shape index (κ3) is 8.51. The number of ether oxygens (including phenoxy) is 1. The number of nitrogens with zero attached hydrogens (tertiary/aromatic N) is 4. The van der Waals surface area contributed by atoms with Crippen LogP contribution in [0, 0.1) is 5.82 Å². The fourth-order valence-electron chi connectivity index (χ4n) is 2.79. The fourth-order valence-corrected chi connectivity index (χ4v) is 2.79. The molecule has 0 saturated carbocycles. The number of aromatic nitrogens is 2. The summed E-state index contributed by atoms with van der Waals surface area (Å²) in [5, 5.41) is 7.05. The Hall–Kier alpha value is -3.76. The number of hydroxylamine groups is 2. The first-order valence-electron chi connectivity index (χ1n) is 11.2. The second-order valence-corrected chi connectivity index (χ2v) is 7.39. The first-order valence-corrected chi connectivity index (χ1v) is 11.2. The second-order valence-electron chi connectivity index (χ2n) is 7.39. The van der Waals surface area contributed by atoms with Crippen LogP contribution >= 0.6 is 0 Å². The molecular formula is C25H33FN6O3. The summed E-state index contributed by atoms with van der Waals surface area (Å²) in [6, 6.07) is 14.0. The van der Waals surface area contributed by atoms with Crippen LogP contribution in [0.3, 0.4) is 0 Å². The summed E-state index contributed by atoms with van der Waals surface area (Å²) in [6.07, 6.45) is 1.07. The average molecular weight is 485 g/mol. The van der Waals surface area contributed by atoms with Crippen molar-refractivity contribution in [2.24, 2.45) is 0 Å². The molecule has 3 aromatic rings. The molecule has 0 aliphatic rings. The van der Waals surface area contributed by atoms with Gasteiger partial charge in [-0.05, 0) is 44.4 Å². The lowest BCUT2D eigenvalue weighted by molar-refractivity contribution is -0.0756. The van der Waals surface area contributed by atoms with E-state index >= 15 is 0 Å². The molecule has 0 bridgehead atoms. The Morgan fingerprint density at radius 1 is 1.03 bits per heavy atom. The Morgan fingerprint density at radius 2 is 1.71 bits per heavy atom. The van der Waals surface area contributed by atoms with E-state index in [1.165, 1.54) is 14.2 Å². The summed E-state index contributed by atoms with van der Waals surface area (Å²) in [5.74, 6) is -0.0949. The lowest BCUT2D eigenvalue weighted by Gasteiger charge is -2.15. The maximum Gasteiger partial charge on any atom is 0.277 e. The van der Waals surface area contributed by atoms with Crippen LogP contribution in [0.4, 0.5) is 27.5 Å². The summed E-state index contributed by atoms with van der Waals surface area (Å²) >= 11 is 0. The van der Waals surface area contributed by atoms with Gasteiger partial charge in [0.05, 0.1) is 13.3 Å². The predicted molar refractivity (Wildman–Crippen MR) is 136 cm³/mol. The van der Waals surface area contributed by atoms with Crippen LogP contribution in [0.2, 0.25) is 0 Å². The topological polar surface area (TPSA) is 91.8 Å². The number of hydrogen-bond acceptors (Lipinski definition) is 8. The Balaban J connectivity index is 0.00000210. The van der Waals surface area contributed by atoms with Crippen molar-refractivity contribution >= 4 is 29.0 Å². The highest BCUT2D eigenvalue weighted by Gasteiger charge is 2.13. The number of carbonyl (C=O) groups is 1. The minimum Gasteiger partial charge on any atom is -0.492 e. The van der Waals surface area contributed by atoms with E-state index in [4.69, 9.17) is 9.57 Å². The second kappa shape index (κ2) is 13.8. The van der Waals surface area contributed by atoms with Crippen molar-refractivity contribution in [1.82, 2.24) is 19.9 Å². The number of anilines is 4. The number of likely N-dealkylation sites (N-methyl/N-ethyl adjacent to an activating group) is 1. The maximum absolute atomic E-state index is 14.4.